The predicted octanol–water partition coefficient (Wildman–Crippen LogP) is 0.830. The number of hydrogen-bond donors (Lipinski definition) is 2. The van der Waals surface area contributed by atoms with Crippen LogP contribution in [0.5, 0.6) is 0 Å². The molecule has 0 fully saturated rings. The third kappa shape index (κ3) is 7.40. The smallest absolute Gasteiger partial charge is 0.0433 e. The molecule has 0 aromatic carbocycles. The zero-order valence-corrected chi connectivity index (χ0v) is 6.16. The lowest BCUT2D eigenvalue weighted by molar-refractivity contribution is 0.289. The molecular weight excluding hydrogens is 126 g/mol. The van der Waals surface area contributed by atoms with Crippen LogP contribution in [0.4, 0.5) is 0 Å². The van der Waals surface area contributed by atoms with Gasteiger partial charge in [0.2, 0.25) is 0 Å². The van der Waals surface area contributed by atoms with Gasteiger partial charge in [0.25, 0.3) is 0 Å². The molecule has 0 spiro atoms. The Morgan fingerprint density at radius 1 is 1.20 bits per heavy atom. The van der Waals surface area contributed by atoms with Crippen molar-refractivity contribution < 1.29 is 5.11 Å². The van der Waals surface area contributed by atoms with Gasteiger partial charge in [0.05, 0.1) is 0 Å². The summed E-state index contributed by atoms with van der Waals surface area (Å²) in [6.45, 7) is 0.856. The SMILES string of the molecule is NCC=CC=CCCCO. The molecular formula is C8H15NO. The van der Waals surface area contributed by atoms with Gasteiger partial charge >= 0.3 is 0 Å². The van der Waals surface area contributed by atoms with Crippen molar-refractivity contribution in [2.24, 2.45) is 5.73 Å². The van der Waals surface area contributed by atoms with Gasteiger partial charge in [-0.15, -0.1) is 0 Å². The van der Waals surface area contributed by atoms with E-state index in [4.69, 9.17) is 10.8 Å². The summed E-state index contributed by atoms with van der Waals surface area (Å²) in [7, 11) is 0. The zero-order chi connectivity index (χ0) is 7.66. The van der Waals surface area contributed by atoms with E-state index in [1.54, 1.807) is 0 Å². The molecule has 0 rings (SSSR count). The van der Waals surface area contributed by atoms with Crippen molar-refractivity contribution in [3.63, 3.8) is 0 Å². The third-order valence-corrected chi connectivity index (χ3v) is 1.05. The Morgan fingerprint density at radius 3 is 2.50 bits per heavy atom. The molecule has 0 aliphatic heterocycles. The highest BCUT2D eigenvalue weighted by atomic mass is 16.2. The van der Waals surface area contributed by atoms with Crippen LogP contribution in [0.15, 0.2) is 24.3 Å². The number of rotatable bonds is 5. The van der Waals surface area contributed by atoms with E-state index in [0.717, 1.165) is 12.8 Å². The Balaban J connectivity index is 3.11. The van der Waals surface area contributed by atoms with E-state index in [9.17, 15) is 0 Å². The van der Waals surface area contributed by atoms with Gasteiger partial charge in [-0.1, -0.05) is 24.3 Å². The molecule has 0 saturated heterocycles. The Bertz CT molecular complexity index is 108. The summed E-state index contributed by atoms with van der Waals surface area (Å²) in [5.41, 5.74) is 5.21. The molecule has 10 heavy (non-hydrogen) atoms. The molecule has 0 aliphatic rings. The molecule has 0 unspecified atom stereocenters. The first-order valence-corrected chi connectivity index (χ1v) is 3.54. The largest absolute Gasteiger partial charge is 0.396 e. The van der Waals surface area contributed by atoms with Crippen LogP contribution < -0.4 is 5.73 Å². The van der Waals surface area contributed by atoms with Crippen LogP contribution in [0.2, 0.25) is 0 Å². The zero-order valence-electron chi connectivity index (χ0n) is 6.16. The van der Waals surface area contributed by atoms with Crippen molar-refractivity contribution in [1.82, 2.24) is 0 Å². The minimum atomic E-state index is 0.269. The van der Waals surface area contributed by atoms with Crippen LogP contribution in [-0.2, 0) is 0 Å². The minimum Gasteiger partial charge on any atom is -0.396 e. The molecule has 2 nitrogen and oxygen atoms in total. The lowest BCUT2D eigenvalue weighted by Crippen LogP contribution is -1.91. The Hall–Kier alpha value is -0.600. The molecule has 0 aromatic rings. The summed E-state index contributed by atoms with van der Waals surface area (Å²) < 4.78 is 0. The van der Waals surface area contributed by atoms with Crippen molar-refractivity contribution in [1.29, 1.82) is 0 Å². The van der Waals surface area contributed by atoms with Crippen LogP contribution in [0.3, 0.4) is 0 Å². The van der Waals surface area contributed by atoms with Crippen molar-refractivity contribution in [3.8, 4) is 0 Å². The Morgan fingerprint density at radius 2 is 1.90 bits per heavy atom. The van der Waals surface area contributed by atoms with Gasteiger partial charge in [0.1, 0.15) is 0 Å². The second-order valence-electron chi connectivity index (χ2n) is 1.96. The molecule has 0 bridgehead atoms. The second-order valence-corrected chi connectivity index (χ2v) is 1.96. The number of unbranched alkanes of at least 4 members (excludes halogenated alkanes) is 1. The lowest BCUT2D eigenvalue weighted by atomic mass is 10.3. The highest BCUT2D eigenvalue weighted by Crippen LogP contribution is 1.88. The first-order valence-electron chi connectivity index (χ1n) is 3.54. The minimum absolute atomic E-state index is 0.269. The maximum atomic E-state index is 8.40. The lowest BCUT2D eigenvalue weighted by Gasteiger charge is -1.85. The van der Waals surface area contributed by atoms with E-state index < -0.39 is 0 Å². The summed E-state index contributed by atoms with van der Waals surface area (Å²) in [5.74, 6) is 0. The quantitative estimate of drug-likeness (QED) is 0.440. The first kappa shape index (κ1) is 9.40. The molecule has 58 valence electrons. The van der Waals surface area contributed by atoms with E-state index in [1.165, 1.54) is 0 Å². The van der Waals surface area contributed by atoms with E-state index in [2.05, 4.69) is 0 Å². The molecule has 0 atom stereocenters. The summed E-state index contributed by atoms with van der Waals surface area (Å²) >= 11 is 0. The fourth-order valence-electron chi connectivity index (χ4n) is 0.541. The molecule has 0 amide bonds. The highest BCUT2D eigenvalue weighted by molar-refractivity contribution is 5.02. The number of hydrogen-bond acceptors (Lipinski definition) is 2. The summed E-state index contributed by atoms with van der Waals surface area (Å²) in [4.78, 5) is 0. The van der Waals surface area contributed by atoms with Crippen LogP contribution in [0.1, 0.15) is 12.8 Å². The van der Waals surface area contributed by atoms with E-state index in [-0.39, 0.29) is 6.61 Å². The molecule has 2 heteroatoms. The maximum absolute atomic E-state index is 8.40. The molecule has 0 saturated carbocycles. The average Bonchev–Trinajstić information content (AvgIpc) is 1.97. The van der Waals surface area contributed by atoms with E-state index in [0.29, 0.717) is 6.54 Å². The number of aliphatic hydroxyl groups excluding tert-OH is 1. The van der Waals surface area contributed by atoms with Crippen LogP contribution in [0.25, 0.3) is 0 Å². The maximum Gasteiger partial charge on any atom is 0.0433 e. The van der Waals surface area contributed by atoms with Crippen molar-refractivity contribution >= 4 is 0 Å². The first-order chi connectivity index (χ1) is 4.91. The normalized spacial score (nSPS) is 11.8. The summed E-state index contributed by atoms with van der Waals surface area (Å²) in [6, 6.07) is 0. The molecule has 3 N–H and O–H groups in total. The van der Waals surface area contributed by atoms with Gasteiger partial charge in [0, 0.05) is 13.2 Å². The predicted molar refractivity (Wildman–Crippen MR) is 43.7 cm³/mol. The standard InChI is InChI=1S/C8H15NO/c9-7-5-3-1-2-4-6-8-10/h1-3,5,10H,4,6-9H2. The number of allylic oxidation sites excluding steroid dienone is 3. The summed E-state index contributed by atoms with van der Waals surface area (Å²) in [6.07, 6.45) is 9.54. The fourth-order valence-corrected chi connectivity index (χ4v) is 0.541. The number of aliphatic hydroxyl groups is 1. The van der Waals surface area contributed by atoms with Gasteiger partial charge in [-0.25, -0.2) is 0 Å². The van der Waals surface area contributed by atoms with Gasteiger partial charge < -0.3 is 10.8 Å². The van der Waals surface area contributed by atoms with Gasteiger partial charge in [-0.3, -0.25) is 0 Å². The van der Waals surface area contributed by atoms with Crippen molar-refractivity contribution in [2.75, 3.05) is 13.2 Å². The number of nitrogens with two attached hydrogens (primary N) is 1. The highest BCUT2D eigenvalue weighted by Gasteiger charge is 1.75. The van der Waals surface area contributed by atoms with Gasteiger partial charge in [-0.05, 0) is 12.8 Å². The third-order valence-electron chi connectivity index (χ3n) is 1.05. The van der Waals surface area contributed by atoms with Crippen LogP contribution in [0, 0.1) is 0 Å². The Labute approximate surface area is 62.0 Å². The van der Waals surface area contributed by atoms with Crippen LogP contribution >= 0.6 is 0 Å². The summed E-state index contributed by atoms with van der Waals surface area (Å²) in [5, 5.41) is 8.40. The molecule has 0 aliphatic carbocycles. The van der Waals surface area contributed by atoms with E-state index in [1.807, 2.05) is 24.3 Å². The molecule has 0 radical (unpaired) electrons. The van der Waals surface area contributed by atoms with Gasteiger partial charge in [-0.2, -0.15) is 0 Å². The van der Waals surface area contributed by atoms with Gasteiger partial charge in [0.15, 0.2) is 0 Å². The van der Waals surface area contributed by atoms with E-state index >= 15 is 0 Å². The fraction of sp³-hybridized carbons (Fsp3) is 0.500. The molecule has 0 aromatic heterocycles. The van der Waals surface area contributed by atoms with Crippen molar-refractivity contribution in [3.05, 3.63) is 24.3 Å². The van der Waals surface area contributed by atoms with Crippen molar-refractivity contribution in [2.45, 2.75) is 12.8 Å². The molecule has 0 heterocycles. The average molecular weight is 141 g/mol. The monoisotopic (exact) mass is 141 g/mol. The topological polar surface area (TPSA) is 46.2 Å². The Kier molecular flexibility index (Phi) is 7.90. The van der Waals surface area contributed by atoms with Crippen LogP contribution in [-0.4, -0.2) is 18.3 Å². The second kappa shape index (κ2) is 8.40.